The molecule has 0 radical (unpaired) electrons. The molecule has 508 valence electrons. The van der Waals surface area contributed by atoms with E-state index in [2.05, 4.69) is 196 Å². The molecule has 0 aromatic rings. The highest BCUT2D eigenvalue weighted by Crippen LogP contribution is 2.38. The van der Waals surface area contributed by atoms with E-state index < -0.39 is 32.5 Å². The van der Waals surface area contributed by atoms with Gasteiger partial charge in [-0.3, -0.25) is 14.2 Å². The second-order valence-corrected chi connectivity index (χ2v) is 25.5. The number of nitrogens with zero attached hydrogens (tertiary/aromatic N) is 1. The van der Waals surface area contributed by atoms with Gasteiger partial charge in [0.15, 0.2) is 6.10 Å². The van der Waals surface area contributed by atoms with Crippen LogP contribution in [-0.2, 0) is 32.7 Å². The first-order valence-corrected chi connectivity index (χ1v) is 37.0. The van der Waals surface area contributed by atoms with Gasteiger partial charge in [-0.1, -0.05) is 292 Å². The number of phosphoric ester groups is 1. The molecule has 0 aromatic carbocycles. The predicted octanol–water partition coefficient (Wildman–Crippen LogP) is 22.9. The number of hydrogen-bond acceptors (Lipinski definition) is 8. The molecule has 0 spiro atoms. The van der Waals surface area contributed by atoms with Gasteiger partial charge < -0.3 is 27.9 Å². The Labute approximate surface area is 552 Å². The van der Waals surface area contributed by atoms with E-state index in [0.29, 0.717) is 23.9 Å². The van der Waals surface area contributed by atoms with Crippen molar-refractivity contribution in [3.05, 3.63) is 182 Å². The minimum absolute atomic E-state index is 0.0421. The lowest BCUT2D eigenvalue weighted by molar-refractivity contribution is -0.870. The number of allylic oxidation sites excluding steroid dienone is 30. The Balaban J connectivity index is 4.13. The number of carbonyl (C=O) groups excluding carboxylic acids is 2. The third kappa shape index (κ3) is 72.2. The van der Waals surface area contributed by atoms with Crippen molar-refractivity contribution in [2.75, 3.05) is 47.5 Å². The zero-order valence-electron chi connectivity index (χ0n) is 57.8. The first-order valence-electron chi connectivity index (χ1n) is 35.5. The maximum atomic E-state index is 12.9. The normalized spacial score (nSPS) is 14.2. The molecule has 10 heteroatoms. The lowest BCUT2D eigenvalue weighted by Crippen LogP contribution is -2.37. The summed E-state index contributed by atoms with van der Waals surface area (Å²) in [5.41, 5.74) is 0. The van der Waals surface area contributed by atoms with Crippen LogP contribution in [0.2, 0.25) is 0 Å². The van der Waals surface area contributed by atoms with Crippen LogP contribution >= 0.6 is 7.82 Å². The molecule has 0 rings (SSSR count). The third-order valence-corrected chi connectivity index (χ3v) is 15.4. The Morgan fingerprint density at radius 3 is 0.889 bits per heavy atom. The van der Waals surface area contributed by atoms with Gasteiger partial charge in [0, 0.05) is 12.8 Å². The van der Waals surface area contributed by atoms with E-state index in [0.717, 1.165) is 148 Å². The van der Waals surface area contributed by atoms with Crippen LogP contribution in [0.4, 0.5) is 0 Å². The molecule has 2 unspecified atom stereocenters. The standard InChI is InChI=1S/C80H130NO8P/c1-6-8-10-12-14-16-18-20-22-24-26-28-30-32-34-35-36-37-38-39-40-41-42-43-44-45-47-49-51-53-55-57-59-61-63-65-67-69-71-73-80(83)89-78(77-88-90(84,85)87-75-74-81(3,4)5)76-86-79(82)72-70-68-66-64-62-60-58-56-54-52-50-48-46-33-31-29-27-25-23-21-19-17-15-13-11-9-7-2/h8-11,14-17,20-23,26-29,32-34,36-37,39-40,42-43,45-47,50,52,78H,6-7,12-13,18-19,24-25,30-31,35,38,41,44,48-49,51,53-77H2,1-5H3/b10-8-,11-9-,16-14-,17-15-,22-20-,23-21-,28-26-,29-27-,34-32-,37-36-,40-39-,43-42-,46-33-,47-45-,52-50-. The molecule has 0 amide bonds. The summed E-state index contributed by atoms with van der Waals surface area (Å²) in [5, 5.41) is 0. The van der Waals surface area contributed by atoms with Crippen molar-refractivity contribution < 1.29 is 42.1 Å². The van der Waals surface area contributed by atoms with Crippen LogP contribution in [0.15, 0.2) is 182 Å². The quantitative estimate of drug-likeness (QED) is 0.0195. The van der Waals surface area contributed by atoms with Gasteiger partial charge in [-0.15, -0.1) is 0 Å². The molecule has 0 aliphatic rings. The molecule has 0 aliphatic carbocycles. The highest BCUT2D eigenvalue weighted by Gasteiger charge is 2.22. The first-order chi connectivity index (χ1) is 44.0. The number of phosphoric acid groups is 1. The van der Waals surface area contributed by atoms with Crippen LogP contribution in [0.5, 0.6) is 0 Å². The first kappa shape index (κ1) is 85.1. The molecule has 90 heavy (non-hydrogen) atoms. The summed E-state index contributed by atoms with van der Waals surface area (Å²) in [6.45, 7) is 3.99. The summed E-state index contributed by atoms with van der Waals surface area (Å²) in [5.74, 6) is -0.856. The van der Waals surface area contributed by atoms with Crippen molar-refractivity contribution in [1.82, 2.24) is 0 Å². The zero-order valence-corrected chi connectivity index (χ0v) is 58.7. The molecule has 0 heterocycles. The van der Waals surface area contributed by atoms with Crippen LogP contribution in [0.1, 0.15) is 258 Å². The number of likely N-dealkylation sites (N-methyl/N-ethyl adjacent to an activating group) is 1. The van der Waals surface area contributed by atoms with E-state index in [1.54, 1.807) is 0 Å². The summed E-state index contributed by atoms with van der Waals surface area (Å²) in [6, 6.07) is 0. The maximum Gasteiger partial charge on any atom is 0.306 e. The Morgan fingerprint density at radius 2 is 0.600 bits per heavy atom. The fourth-order valence-electron chi connectivity index (χ4n) is 9.06. The molecule has 0 saturated heterocycles. The summed E-state index contributed by atoms with van der Waals surface area (Å²) < 4.78 is 34.3. The van der Waals surface area contributed by atoms with E-state index >= 15 is 0 Å². The molecule has 0 N–H and O–H groups in total. The molecule has 9 nitrogen and oxygen atoms in total. The van der Waals surface area contributed by atoms with E-state index in [4.69, 9.17) is 18.5 Å². The smallest absolute Gasteiger partial charge is 0.306 e. The lowest BCUT2D eigenvalue weighted by Gasteiger charge is -2.28. The van der Waals surface area contributed by atoms with Crippen molar-refractivity contribution in [2.45, 2.75) is 264 Å². The molecule has 0 aliphatic heterocycles. The van der Waals surface area contributed by atoms with Gasteiger partial charge in [0.05, 0.1) is 27.7 Å². The Morgan fingerprint density at radius 1 is 0.344 bits per heavy atom. The number of carbonyl (C=O) groups is 2. The molecule has 0 bridgehead atoms. The van der Waals surface area contributed by atoms with Gasteiger partial charge in [0.25, 0.3) is 7.82 Å². The highest BCUT2D eigenvalue weighted by molar-refractivity contribution is 7.45. The fraction of sp³-hybridized carbons (Fsp3) is 0.600. The molecular formula is C80H130NO8P. The van der Waals surface area contributed by atoms with Gasteiger partial charge in [-0.05, 0) is 135 Å². The largest absolute Gasteiger partial charge is 0.756 e. The van der Waals surface area contributed by atoms with Crippen LogP contribution < -0.4 is 4.89 Å². The van der Waals surface area contributed by atoms with E-state index in [-0.39, 0.29) is 26.1 Å². The number of ether oxygens (including phenoxy) is 2. The molecule has 0 aromatic heterocycles. The summed E-state index contributed by atoms with van der Waals surface area (Å²) in [4.78, 5) is 38.1. The van der Waals surface area contributed by atoms with E-state index in [1.807, 2.05) is 21.1 Å². The van der Waals surface area contributed by atoms with Crippen molar-refractivity contribution in [3.8, 4) is 0 Å². The summed E-state index contributed by atoms with van der Waals surface area (Å²) in [7, 11) is 1.14. The number of quaternary nitrogens is 1. The Bertz CT molecular complexity index is 2170. The lowest BCUT2D eigenvalue weighted by atomic mass is 10.0. The van der Waals surface area contributed by atoms with Gasteiger partial charge in [-0.25, -0.2) is 0 Å². The van der Waals surface area contributed by atoms with Crippen LogP contribution in [-0.4, -0.2) is 70.0 Å². The fourth-order valence-corrected chi connectivity index (χ4v) is 9.79. The topological polar surface area (TPSA) is 111 Å². The number of hydrogen-bond donors (Lipinski definition) is 0. The maximum absolute atomic E-state index is 12.9. The molecule has 0 saturated carbocycles. The van der Waals surface area contributed by atoms with Crippen LogP contribution in [0.3, 0.4) is 0 Å². The summed E-state index contributed by atoms with van der Waals surface area (Å²) >= 11 is 0. The number of rotatable bonds is 63. The Hall–Kier alpha value is -4.89. The van der Waals surface area contributed by atoms with E-state index in [1.165, 1.54) is 70.6 Å². The number of unbranched alkanes of at least 4 members (excludes halogenated alkanes) is 19. The van der Waals surface area contributed by atoms with Crippen LogP contribution in [0, 0.1) is 0 Å². The summed E-state index contributed by atoms with van der Waals surface area (Å²) in [6.07, 6.45) is 105. The van der Waals surface area contributed by atoms with Crippen molar-refractivity contribution in [3.63, 3.8) is 0 Å². The van der Waals surface area contributed by atoms with Gasteiger partial charge in [0.1, 0.15) is 19.8 Å². The average Bonchev–Trinajstić information content (AvgIpc) is 3.58. The molecular weight excluding hydrogens is 1130 g/mol. The molecule has 0 fully saturated rings. The minimum atomic E-state index is -4.66. The van der Waals surface area contributed by atoms with Crippen LogP contribution in [0.25, 0.3) is 0 Å². The second kappa shape index (κ2) is 68.5. The Kier molecular flexibility index (Phi) is 64.8. The monoisotopic (exact) mass is 1260 g/mol. The van der Waals surface area contributed by atoms with E-state index in [9.17, 15) is 19.0 Å². The zero-order chi connectivity index (χ0) is 65.5. The number of esters is 2. The predicted molar refractivity (Wildman–Crippen MR) is 387 cm³/mol. The van der Waals surface area contributed by atoms with Crippen molar-refractivity contribution in [2.24, 2.45) is 0 Å². The minimum Gasteiger partial charge on any atom is -0.756 e. The SMILES string of the molecule is CC/C=C\C/C=C\C/C=C\C/C=C\C/C=C\C/C=C\C/C=C\C/C=C\C/C=C\CCCCCCCCCCCCCC(=O)OC(COC(=O)CCCCCCCCCC/C=C\C/C=C\C/C=C\C/C=C\C/C=C\C/C=C\CC)COP(=O)([O-])OCC[N+](C)(C)C. The third-order valence-electron chi connectivity index (χ3n) is 14.4. The van der Waals surface area contributed by atoms with Gasteiger partial charge >= 0.3 is 11.9 Å². The second-order valence-electron chi connectivity index (χ2n) is 24.1. The van der Waals surface area contributed by atoms with Crippen molar-refractivity contribution >= 4 is 19.8 Å². The van der Waals surface area contributed by atoms with Gasteiger partial charge in [-0.2, -0.15) is 0 Å². The van der Waals surface area contributed by atoms with Gasteiger partial charge in [0.2, 0.25) is 0 Å². The highest BCUT2D eigenvalue weighted by atomic mass is 31.2. The molecule has 2 atom stereocenters. The van der Waals surface area contributed by atoms with Crippen molar-refractivity contribution in [1.29, 1.82) is 0 Å². The average molecular weight is 1260 g/mol.